The van der Waals surface area contributed by atoms with Crippen LogP contribution in [0.5, 0.6) is 5.75 Å². The molecule has 7 nitrogen and oxygen atoms in total. The van der Waals surface area contributed by atoms with Crippen molar-refractivity contribution >= 4 is 17.3 Å². The first-order valence-electron chi connectivity index (χ1n) is 9.05. The van der Waals surface area contributed by atoms with E-state index >= 15 is 0 Å². The molecule has 0 spiro atoms. The molecule has 1 fully saturated rings. The fourth-order valence-corrected chi connectivity index (χ4v) is 3.53. The molecule has 2 aromatic carbocycles. The third kappa shape index (κ3) is 3.64. The fraction of sp³-hybridized carbons (Fsp3) is 0.350. The van der Waals surface area contributed by atoms with Gasteiger partial charge in [0.25, 0.3) is 11.6 Å². The summed E-state index contributed by atoms with van der Waals surface area (Å²) in [5, 5.41) is 11.0. The number of carbonyl (C=O) groups is 1. The summed E-state index contributed by atoms with van der Waals surface area (Å²) in [7, 11) is 0. The highest BCUT2D eigenvalue weighted by Gasteiger charge is 2.27. The number of nitro groups is 1. The van der Waals surface area contributed by atoms with E-state index in [2.05, 4.69) is 0 Å². The van der Waals surface area contributed by atoms with Crippen LogP contribution in [-0.4, -0.2) is 36.7 Å². The molecule has 27 heavy (non-hydrogen) atoms. The number of nitrogens with zero attached hydrogens (tertiary/aromatic N) is 2. The minimum absolute atomic E-state index is 0.0119. The van der Waals surface area contributed by atoms with Gasteiger partial charge in [-0.3, -0.25) is 14.9 Å². The van der Waals surface area contributed by atoms with E-state index in [1.807, 2.05) is 6.07 Å². The molecule has 2 heterocycles. The molecule has 1 atom stereocenters. The zero-order chi connectivity index (χ0) is 18.8. The van der Waals surface area contributed by atoms with Crippen molar-refractivity contribution in [1.82, 2.24) is 0 Å². The maximum Gasteiger partial charge on any atom is 0.271 e. The van der Waals surface area contributed by atoms with Crippen molar-refractivity contribution in [1.29, 1.82) is 0 Å². The first kappa shape index (κ1) is 17.5. The molecular formula is C20H20N2O5. The summed E-state index contributed by atoms with van der Waals surface area (Å²) >= 11 is 0. The van der Waals surface area contributed by atoms with Crippen molar-refractivity contribution < 1.29 is 19.2 Å². The molecule has 1 saturated heterocycles. The second kappa shape index (κ2) is 7.36. The van der Waals surface area contributed by atoms with E-state index in [0.29, 0.717) is 36.6 Å². The Morgan fingerprint density at radius 3 is 2.96 bits per heavy atom. The Morgan fingerprint density at radius 1 is 1.30 bits per heavy atom. The SMILES string of the molecule is O=C(c1cccc(OCC2CCCO2)c1)N1CCc2ccc([N+](=O)[O-])cc21. The average molecular weight is 368 g/mol. The quantitative estimate of drug-likeness (QED) is 0.597. The fourth-order valence-electron chi connectivity index (χ4n) is 3.53. The smallest absolute Gasteiger partial charge is 0.271 e. The molecule has 2 aromatic rings. The summed E-state index contributed by atoms with van der Waals surface area (Å²) < 4.78 is 11.3. The minimum Gasteiger partial charge on any atom is -0.491 e. The number of hydrogen-bond acceptors (Lipinski definition) is 5. The maximum absolute atomic E-state index is 13.0. The molecule has 0 N–H and O–H groups in total. The Morgan fingerprint density at radius 2 is 2.19 bits per heavy atom. The summed E-state index contributed by atoms with van der Waals surface area (Å²) in [6, 6.07) is 11.7. The molecule has 140 valence electrons. The highest BCUT2D eigenvalue weighted by molar-refractivity contribution is 6.07. The average Bonchev–Trinajstić information content (AvgIpc) is 3.35. The van der Waals surface area contributed by atoms with Crippen molar-refractivity contribution in [2.45, 2.75) is 25.4 Å². The molecule has 2 aliphatic heterocycles. The first-order valence-corrected chi connectivity index (χ1v) is 9.05. The highest BCUT2D eigenvalue weighted by atomic mass is 16.6. The van der Waals surface area contributed by atoms with Crippen molar-refractivity contribution in [2.75, 3.05) is 24.7 Å². The lowest BCUT2D eigenvalue weighted by molar-refractivity contribution is -0.384. The van der Waals surface area contributed by atoms with E-state index in [1.54, 1.807) is 29.2 Å². The normalized spacial score (nSPS) is 18.4. The predicted molar refractivity (Wildman–Crippen MR) is 99.4 cm³/mol. The Labute approximate surface area is 156 Å². The van der Waals surface area contributed by atoms with Crippen molar-refractivity contribution in [3.63, 3.8) is 0 Å². The van der Waals surface area contributed by atoms with Gasteiger partial charge in [-0.25, -0.2) is 0 Å². The topological polar surface area (TPSA) is 81.9 Å². The second-order valence-electron chi connectivity index (χ2n) is 6.75. The largest absolute Gasteiger partial charge is 0.491 e. The Kier molecular flexibility index (Phi) is 4.77. The van der Waals surface area contributed by atoms with Crippen LogP contribution in [0, 0.1) is 10.1 Å². The van der Waals surface area contributed by atoms with Crippen LogP contribution in [-0.2, 0) is 11.2 Å². The lowest BCUT2D eigenvalue weighted by Gasteiger charge is -2.18. The number of carbonyl (C=O) groups excluding carboxylic acids is 1. The van der Waals surface area contributed by atoms with Gasteiger partial charge in [-0.2, -0.15) is 0 Å². The Hall–Kier alpha value is -2.93. The standard InChI is InChI=1S/C20H20N2O5/c23-20(21-9-8-14-6-7-16(22(24)25)12-19(14)21)15-3-1-4-17(11-15)27-13-18-5-2-10-26-18/h1,3-4,6-7,11-12,18H,2,5,8-10,13H2. The molecule has 4 rings (SSSR count). The van der Waals surface area contributed by atoms with Gasteiger partial charge in [0.1, 0.15) is 12.4 Å². The minimum atomic E-state index is -0.444. The number of ether oxygens (including phenoxy) is 2. The summed E-state index contributed by atoms with van der Waals surface area (Å²) in [4.78, 5) is 25.2. The van der Waals surface area contributed by atoms with Crippen molar-refractivity contribution in [3.8, 4) is 5.75 Å². The highest BCUT2D eigenvalue weighted by Crippen LogP contribution is 2.33. The first-order chi connectivity index (χ1) is 13.1. The number of nitro benzene ring substituents is 1. The van der Waals surface area contributed by atoms with E-state index in [1.165, 1.54) is 12.1 Å². The lowest BCUT2D eigenvalue weighted by atomic mass is 10.1. The molecule has 0 bridgehead atoms. The van der Waals surface area contributed by atoms with Crippen LogP contribution in [0.4, 0.5) is 11.4 Å². The predicted octanol–water partition coefficient (Wildman–Crippen LogP) is 3.36. The van der Waals surface area contributed by atoms with E-state index in [-0.39, 0.29) is 17.7 Å². The van der Waals surface area contributed by atoms with Gasteiger partial charge >= 0.3 is 0 Å². The molecular weight excluding hydrogens is 348 g/mol. The molecule has 1 unspecified atom stereocenters. The van der Waals surface area contributed by atoms with Gasteiger partial charge in [-0.15, -0.1) is 0 Å². The summed E-state index contributed by atoms with van der Waals surface area (Å²) in [5.74, 6) is 0.437. The van der Waals surface area contributed by atoms with Gasteiger partial charge in [-0.05, 0) is 43.0 Å². The second-order valence-corrected chi connectivity index (χ2v) is 6.75. The molecule has 0 aliphatic carbocycles. The van der Waals surface area contributed by atoms with Gasteiger partial charge in [0, 0.05) is 30.8 Å². The molecule has 0 saturated carbocycles. The summed E-state index contributed by atoms with van der Waals surface area (Å²) in [5.41, 5.74) is 2.04. The van der Waals surface area contributed by atoms with Crippen molar-refractivity contribution in [2.24, 2.45) is 0 Å². The van der Waals surface area contributed by atoms with Crippen LogP contribution in [0.3, 0.4) is 0 Å². The van der Waals surface area contributed by atoms with Crippen LogP contribution < -0.4 is 9.64 Å². The molecule has 0 aromatic heterocycles. The van der Waals surface area contributed by atoms with Gasteiger partial charge < -0.3 is 14.4 Å². The molecule has 1 amide bonds. The monoisotopic (exact) mass is 368 g/mol. The Bertz CT molecular complexity index is 876. The number of amides is 1. The van der Waals surface area contributed by atoms with Gasteiger partial charge in [0.2, 0.25) is 0 Å². The number of fused-ring (bicyclic) bond motifs is 1. The molecule has 0 radical (unpaired) electrons. The van der Waals surface area contributed by atoms with E-state index in [0.717, 1.165) is 25.0 Å². The van der Waals surface area contributed by atoms with Crippen LogP contribution in [0.2, 0.25) is 0 Å². The van der Waals surface area contributed by atoms with Crippen LogP contribution >= 0.6 is 0 Å². The number of hydrogen-bond donors (Lipinski definition) is 0. The zero-order valence-corrected chi connectivity index (χ0v) is 14.8. The number of anilines is 1. The third-order valence-corrected chi connectivity index (χ3v) is 4.96. The number of benzene rings is 2. The maximum atomic E-state index is 13.0. The summed E-state index contributed by atoms with van der Waals surface area (Å²) in [6.45, 7) is 1.75. The molecule has 2 aliphatic rings. The lowest BCUT2D eigenvalue weighted by Crippen LogP contribution is -2.29. The van der Waals surface area contributed by atoms with Crippen LogP contribution in [0.15, 0.2) is 42.5 Å². The van der Waals surface area contributed by atoms with Crippen molar-refractivity contribution in [3.05, 3.63) is 63.7 Å². The van der Waals surface area contributed by atoms with Gasteiger partial charge in [-0.1, -0.05) is 12.1 Å². The number of rotatable bonds is 5. The van der Waals surface area contributed by atoms with Crippen LogP contribution in [0.25, 0.3) is 0 Å². The van der Waals surface area contributed by atoms with Gasteiger partial charge in [0.15, 0.2) is 0 Å². The van der Waals surface area contributed by atoms with E-state index < -0.39 is 4.92 Å². The van der Waals surface area contributed by atoms with Crippen LogP contribution in [0.1, 0.15) is 28.8 Å². The third-order valence-electron chi connectivity index (χ3n) is 4.96. The number of non-ortho nitro benzene ring substituents is 1. The zero-order valence-electron chi connectivity index (χ0n) is 14.8. The van der Waals surface area contributed by atoms with Gasteiger partial charge in [0.05, 0.1) is 16.7 Å². The van der Waals surface area contributed by atoms with E-state index in [4.69, 9.17) is 9.47 Å². The molecule has 7 heteroatoms. The summed E-state index contributed by atoms with van der Waals surface area (Å²) in [6.07, 6.45) is 2.83. The van der Waals surface area contributed by atoms with E-state index in [9.17, 15) is 14.9 Å². The Balaban J connectivity index is 1.51.